The molecule has 21 heavy (non-hydrogen) atoms. The molecule has 6 nitrogen and oxygen atoms in total. The van der Waals surface area contributed by atoms with Gasteiger partial charge in [0.2, 0.25) is 11.7 Å². The second-order valence-corrected chi connectivity index (χ2v) is 4.89. The Kier molecular flexibility index (Phi) is 5.83. The topological polar surface area (TPSA) is 75.3 Å². The molecule has 0 saturated heterocycles. The summed E-state index contributed by atoms with van der Waals surface area (Å²) in [6.45, 7) is 5.56. The molecule has 0 unspecified atom stereocenters. The Hall–Kier alpha value is -1.79. The fourth-order valence-electron chi connectivity index (χ4n) is 2.42. The molecule has 0 bridgehead atoms. The van der Waals surface area contributed by atoms with Gasteiger partial charge in [-0.25, -0.2) is 0 Å². The molecular formula is C15H22N4O2. The summed E-state index contributed by atoms with van der Waals surface area (Å²) in [5.41, 5.74) is 0.698. The summed E-state index contributed by atoms with van der Waals surface area (Å²) in [5.74, 6) is 1.05. The van der Waals surface area contributed by atoms with E-state index < -0.39 is 0 Å². The monoisotopic (exact) mass is 290 g/mol. The Labute approximate surface area is 124 Å². The molecule has 0 aliphatic heterocycles. The molecule has 2 aromatic rings. The maximum atomic E-state index is 9.22. The van der Waals surface area contributed by atoms with E-state index in [2.05, 4.69) is 33.9 Å². The average molecular weight is 290 g/mol. The minimum Gasteiger partial charge on any atom is -0.395 e. The molecule has 0 saturated carbocycles. The molecule has 114 valence electrons. The van der Waals surface area contributed by atoms with E-state index in [1.165, 1.54) is 0 Å². The Morgan fingerprint density at radius 1 is 1.29 bits per heavy atom. The van der Waals surface area contributed by atoms with Crippen molar-refractivity contribution >= 4 is 0 Å². The van der Waals surface area contributed by atoms with Crippen LogP contribution in [0.2, 0.25) is 0 Å². The largest absolute Gasteiger partial charge is 0.395 e. The molecule has 0 atom stereocenters. The van der Waals surface area contributed by atoms with Crippen LogP contribution in [0.4, 0.5) is 0 Å². The summed E-state index contributed by atoms with van der Waals surface area (Å²) < 4.78 is 5.31. The Bertz CT molecular complexity index is 525. The van der Waals surface area contributed by atoms with Gasteiger partial charge in [-0.1, -0.05) is 25.1 Å². The predicted octanol–water partition coefficient (Wildman–Crippen LogP) is 2.11. The van der Waals surface area contributed by atoms with Crippen LogP contribution in [-0.2, 0) is 6.54 Å². The summed E-state index contributed by atoms with van der Waals surface area (Å²) in [5, 5.41) is 13.2. The van der Waals surface area contributed by atoms with Gasteiger partial charge in [-0.05, 0) is 25.0 Å². The number of pyridine rings is 1. The maximum absolute atomic E-state index is 9.22. The highest BCUT2D eigenvalue weighted by atomic mass is 16.5. The number of aliphatic hydroxyl groups is 1. The van der Waals surface area contributed by atoms with Gasteiger partial charge in [0, 0.05) is 18.8 Å². The molecule has 0 aliphatic rings. The van der Waals surface area contributed by atoms with Gasteiger partial charge in [0.1, 0.15) is 5.69 Å². The van der Waals surface area contributed by atoms with Gasteiger partial charge in [-0.2, -0.15) is 4.98 Å². The molecule has 0 fully saturated rings. The first-order chi connectivity index (χ1) is 10.3. The molecular weight excluding hydrogens is 268 g/mol. The Balaban J connectivity index is 2.09. The van der Waals surface area contributed by atoms with E-state index in [9.17, 15) is 5.11 Å². The molecule has 0 spiro atoms. The molecule has 2 aromatic heterocycles. The number of rotatable bonds is 8. The summed E-state index contributed by atoms with van der Waals surface area (Å²) >= 11 is 0. The van der Waals surface area contributed by atoms with Crippen LogP contribution in [0.1, 0.15) is 32.6 Å². The van der Waals surface area contributed by atoms with Crippen molar-refractivity contribution < 1.29 is 9.63 Å². The summed E-state index contributed by atoms with van der Waals surface area (Å²) in [7, 11) is 0. The van der Waals surface area contributed by atoms with Crippen LogP contribution < -0.4 is 0 Å². The van der Waals surface area contributed by atoms with E-state index in [1.54, 1.807) is 6.20 Å². The summed E-state index contributed by atoms with van der Waals surface area (Å²) in [4.78, 5) is 10.8. The number of hydrogen-bond donors (Lipinski definition) is 1. The highest BCUT2D eigenvalue weighted by Gasteiger charge is 2.18. The van der Waals surface area contributed by atoms with Crippen molar-refractivity contribution in [2.45, 2.75) is 39.3 Å². The standard InChI is InChI=1S/C15H22N4O2/c1-3-12(4-2)19(9-10-20)11-14-17-15(18-21-14)13-7-5-6-8-16-13/h5-8,12,20H,3-4,9-11H2,1-2H3. The zero-order chi connectivity index (χ0) is 15.1. The molecule has 2 heterocycles. The minimum absolute atomic E-state index is 0.123. The zero-order valence-electron chi connectivity index (χ0n) is 12.6. The van der Waals surface area contributed by atoms with Crippen molar-refractivity contribution in [3.8, 4) is 11.5 Å². The number of aliphatic hydroxyl groups excluding tert-OH is 1. The SMILES string of the molecule is CCC(CC)N(CCO)Cc1nc(-c2ccccn2)no1. The van der Waals surface area contributed by atoms with Crippen LogP contribution in [0, 0.1) is 0 Å². The molecule has 6 heteroatoms. The fraction of sp³-hybridized carbons (Fsp3) is 0.533. The first-order valence-corrected chi connectivity index (χ1v) is 7.37. The van der Waals surface area contributed by atoms with Crippen molar-refractivity contribution in [3.05, 3.63) is 30.3 Å². The van der Waals surface area contributed by atoms with Crippen LogP contribution in [0.5, 0.6) is 0 Å². The van der Waals surface area contributed by atoms with Gasteiger partial charge in [-0.15, -0.1) is 0 Å². The van der Waals surface area contributed by atoms with Crippen LogP contribution >= 0.6 is 0 Å². The van der Waals surface area contributed by atoms with E-state index in [0.29, 0.717) is 36.5 Å². The third-order valence-electron chi connectivity index (χ3n) is 3.55. The second kappa shape index (κ2) is 7.85. The quantitative estimate of drug-likeness (QED) is 0.802. The van der Waals surface area contributed by atoms with Crippen molar-refractivity contribution in [3.63, 3.8) is 0 Å². The third kappa shape index (κ3) is 4.09. The number of hydrogen-bond acceptors (Lipinski definition) is 6. The van der Waals surface area contributed by atoms with Crippen LogP contribution in [0.15, 0.2) is 28.9 Å². The minimum atomic E-state index is 0.123. The van der Waals surface area contributed by atoms with Gasteiger partial charge in [0.25, 0.3) is 0 Å². The van der Waals surface area contributed by atoms with Crippen molar-refractivity contribution in [2.75, 3.05) is 13.2 Å². The van der Waals surface area contributed by atoms with E-state index in [0.717, 1.165) is 12.8 Å². The molecule has 0 radical (unpaired) electrons. The first-order valence-electron chi connectivity index (χ1n) is 7.37. The van der Waals surface area contributed by atoms with Crippen LogP contribution in [0.25, 0.3) is 11.5 Å². The highest BCUT2D eigenvalue weighted by molar-refractivity contribution is 5.46. The lowest BCUT2D eigenvalue weighted by Crippen LogP contribution is -2.36. The van der Waals surface area contributed by atoms with Crippen molar-refractivity contribution in [2.24, 2.45) is 0 Å². The molecule has 1 N–H and O–H groups in total. The van der Waals surface area contributed by atoms with Gasteiger partial charge in [0.05, 0.1) is 13.2 Å². The molecule has 0 aliphatic carbocycles. The van der Waals surface area contributed by atoms with Crippen LogP contribution in [-0.4, -0.2) is 44.3 Å². The van der Waals surface area contributed by atoms with E-state index in [-0.39, 0.29) is 6.61 Å². The van der Waals surface area contributed by atoms with E-state index >= 15 is 0 Å². The molecule has 0 amide bonds. The van der Waals surface area contributed by atoms with Crippen molar-refractivity contribution in [1.82, 2.24) is 20.0 Å². The maximum Gasteiger partial charge on any atom is 0.241 e. The lowest BCUT2D eigenvalue weighted by Gasteiger charge is -2.28. The molecule has 0 aromatic carbocycles. The van der Waals surface area contributed by atoms with Gasteiger partial charge < -0.3 is 9.63 Å². The second-order valence-electron chi connectivity index (χ2n) is 4.89. The third-order valence-corrected chi connectivity index (χ3v) is 3.55. The average Bonchev–Trinajstić information content (AvgIpc) is 2.98. The smallest absolute Gasteiger partial charge is 0.241 e. The van der Waals surface area contributed by atoms with E-state index in [4.69, 9.17) is 4.52 Å². The van der Waals surface area contributed by atoms with Crippen LogP contribution in [0.3, 0.4) is 0 Å². The lowest BCUT2D eigenvalue weighted by molar-refractivity contribution is 0.122. The lowest BCUT2D eigenvalue weighted by atomic mass is 10.1. The van der Waals surface area contributed by atoms with Gasteiger partial charge in [0.15, 0.2) is 0 Å². The predicted molar refractivity (Wildman–Crippen MR) is 79.4 cm³/mol. The Morgan fingerprint density at radius 3 is 2.71 bits per heavy atom. The molecule has 2 rings (SSSR count). The fourth-order valence-corrected chi connectivity index (χ4v) is 2.42. The Morgan fingerprint density at radius 2 is 2.10 bits per heavy atom. The first kappa shape index (κ1) is 15.6. The van der Waals surface area contributed by atoms with Gasteiger partial charge >= 0.3 is 0 Å². The summed E-state index contributed by atoms with van der Waals surface area (Å²) in [6, 6.07) is 5.99. The van der Waals surface area contributed by atoms with E-state index in [1.807, 2.05) is 18.2 Å². The van der Waals surface area contributed by atoms with Gasteiger partial charge in [-0.3, -0.25) is 9.88 Å². The highest BCUT2D eigenvalue weighted by Crippen LogP contribution is 2.15. The zero-order valence-corrected chi connectivity index (χ0v) is 12.6. The number of aromatic nitrogens is 3. The van der Waals surface area contributed by atoms with Crippen molar-refractivity contribution in [1.29, 1.82) is 0 Å². The summed E-state index contributed by atoms with van der Waals surface area (Å²) in [6.07, 6.45) is 3.75. The number of nitrogens with zero attached hydrogens (tertiary/aromatic N) is 4. The normalized spacial score (nSPS) is 11.5.